The summed E-state index contributed by atoms with van der Waals surface area (Å²) in [5.74, 6) is -0.389. The highest BCUT2D eigenvalue weighted by atomic mass is 32.2. The molecule has 0 spiro atoms. The van der Waals surface area contributed by atoms with Crippen molar-refractivity contribution in [3.05, 3.63) is 64.6 Å². The zero-order chi connectivity index (χ0) is 19.2. The van der Waals surface area contributed by atoms with E-state index < -0.39 is 15.9 Å². The Hall–Kier alpha value is -2.69. The van der Waals surface area contributed by atoms with Crippen LogP contribution in [0.4, 0.5) is 0 Å². The molecule has 0 aliphatic carbocycles. The number of amides is 1. The molecule has 1 amide bonds. The summed E-state index contributed by atoms with van der Waals surface area (Å²) < 4.78 is 28.2. The van der Waals surface area contributed by atoms with Crippen LogP contribution in [0.15, 0.2) is 62.7 Å². The van der Waals surface area contributed by atoms with Crippen LogP contribution in [-0.2, 0) is 14.8 Å². The Morgan fingerprint density at radius 2 is 1.85 bits per heavy atom. The van der Waals surface area contributed by atoms with Crippen molar-refractivity contribution in [2.75, 3.05) is 0 Å². The van der Waals surface area contributed by atoms with Gasteiger partial charge in [0.25, 0.3) is 15.9 Å². The van der Waals surface area contributed by atoms with Gasteiger partial charge in [-0.25, -0.2) is 0 Å². The largest absolute Gasteiger partial charge is 0.507 e. The molecule has 0 bridgehead atoms. The molecule has 0 radical (unpaired) electrons. The van der Waals surface area contributed by atoms with Crippen molar-refractivity contribution in [1.29, 1.82) is 0 Å². The van der Waals surface area contributed by atoms with Crippen LogP contribution in [-0.4, -0.2) is 34.6 Å². The number of aromatic hydroxyl groups is 1. The minimum absolute atomic E-state index is 0.0331. The summed E-state index contributed by atoms with van der Waals surface area (Å²) in [6.45, 7) is 0. The van der Waals surface area contributed by atoms with Crippen LogP contribution in [0.5, 0.6) is 5.75 Å². The van der Waals surface area contributed by atoms with Crippen LogP contribution >= 0.6 is 24.0 Å². The van der Waals surface area contributed by atoms with Crippen LogP contribution in [0.2, 0.25) is 0 Å². The molecule has 0 aromatic heterocycles. The normalized spacial score (nSPS) is 19.3. The number of hydrazine groups is 1. The first-order valence-electron chi connectivity index (χ1n) is 7.64. The Kier molecular flexibility index (Phi) is 4.25. The number of sulfonamides is 1. The molecular weight excluding hydrogens is 406 g/mol. The van der Waals surface area contributed by atoms with E-state index in [1.807, 2.05) is 0 Å². The number of rotatable bonds is 2. The van der Waals surface area contributed by atoms with E-state index in [2.05, 4.69) is 9.82 Å². The van der Waals surface area contributed by atoms with E-state index >= 15 is 0 Å². The molecular formula is C17H11N3O4S3. The van der Waals surface area contributed by atoms with E-state index in [0.717, 1.165) is 16.8 Å². The zero-order valence-electron chi connectivity index (χ0n) is 13.5. The first-order chi connectivity index (χ1) is 12.9. The van der Waals surface area contributed by atoms with Crippen molar-refractivity contribution in [3.8, 4) is 5.75 Å². The van der Waals surface area contributed by atoms with Crippen molar-refractivity contribution in [2.24, 2.45) is 4.40 Å². The van der Waals surface area contributed by atoms with Gasteiger partial charge in [0, 0.05) is 11.1 Å². The average molecular weight is 417 g/mol. The van der Waals surface area contributed by atoms with Crippen molar-refractivity contribution in [1.82, 2.24) is 10.4 Å². The lowest BCUT2D eigenvalue weighted by Gasteiger charge is -2.16. The number of phenols is 1. The summed E-state index contributed by atoms with van der Waals surface area (Å²) in [5.41, 5.74) is 3.56. The highest BCUT2D eigenvalue weighted by Crippen LogP contribution is 2.34. The molecule has 27 heavy (non-hydrogen) atoms. The second kappa shape index (κ2) is 6.48. The SMILES string of the molecule is O=C1/C(=C\c2ccccc2O)SC(=S)N1NC1=NS(=O)(=O)c2ccccc21. The Labute approximate surface area is 164 Å². The molecule has 2 aliphatic heterocycles. The second-order valence-electron chi connectivity index (χ2n) is 5.60. The number of nitrogens with one attached hydrogen (secondary N) is 1. The zero-order valence-corrected chi connectivity index (χ0v) is 15.9. The third-order valence-corrected chi connectivity index (χ3v) is 6.50. The predicted octanol–water partition coefficient (Wildman–Crippen LogP) is 2.25. The van der Waals surface area contributed by atoms with E-state index in [4.69, 9.17) is 12.2 Å². The number of para-hydroxylation sites is 1. The fraction of sp³-hybridized carbons (Fsp3) is 0. The van der Waals surface area contributed by atoms with Gasteiger partial charge in [-0.1, -0.05) is 42.1 Å². The molecule has 2 aromatic rings. The quantitative estimate of drug-likeness (QED) is 0.571. The average Bonchev–Trinajstić information content (AvgIpc) is 3.05. The Balaban J connectivity index is 1.64. The molecule has 7 nitrogen and oxygen atoms in total. The Bertz CT molecular complexity index is 1160. The molecule has 0 atom stereocenters. The molecule has 0 unspecified atom stereocenters. The summed E-state index contributed by atoms with van der Waals surface area (Å²) in [4.78, 5) is 13.1. The second-order valence-corrected chi connectivity index (χ2v) is 8.85. The van der Waals surface area contributed by atoms with Gasteiger partial charge >= 0.3 is 0 Å². The monoisotopic (exact) mass is 417 g/mol. The molecule has 0 saturated carbocycles. The minimum Gasteiger partial charge on any atom is -0.507 e. The molecule has 2 aromatic carbocycles. The lowest BCUT2D eigenvalue weighted by Crippen LogP contribution is -2.44. The maximum absolute atomic E-state index is 12.7. The molecule has 2 aliphatic rings. The van der Waals surface area contributed by atoms with Gasteiger partial charge < -0.3 is 5.11 Å². The summed E-state index contributed by atoms with van der Waals surface area (Å²) in [6.07, 6.45) is 1.53. The lowest BCUT2D eigenvalue weighted by molar-refractivity contribution is -0.123. The lowest BCUT2D eigenvalue weighted by atomic mass is 10.2. The Morgan fingerprint density at radius 3 is 2.63 bits per heavy atom. The molecule has 10 heteroatoms. The van der Waals surface area contributed by atoms with Crippen molar-refractivity contribution >= 4 is 56.1 Å². The number of fused-ring (bicyclic) bond motifs is 1. The molecule has 1 saturated heterocycles. The minimum atomic E-state index is -3.81. The topological polar surface area (TPSA) is 99.1 Å². The first kappa shape index (κ1) is 17.7. The Morgan fingerprint density at radius 1 is 1.15 bits per heavy atom. The summed E-state index contributed by atoms with van der Waals surface area (Å²) in [6, 6.07) is 12.9. The number of nitrogens with zero attached hydrogens (tertiary/aromatic N) is 2. The third-order valence-electron chi connectivity index (χ3n) is 3.87. The van der Waals surface area contributed by atoms with E-state index in [1.54, 1.807) is 36.4 Å². The van der Waals surface area contributed by atoms with E-state index in [9.17, 15) is 18.3 Å². The number of carbonyl (C=O) groups excluding carboxylic acids is 1. The standard InChI is InChI=1S/C17H11N3O4S3/c21-12-7-3-1-5-10(12)9-13-16(22)20(17(25)26-13)18-15-11-6-2-4-8-14(11)27(23,24)19-15/h1-9,21H,(H,18,19)/b13-9+. The van der Waals surface area contributed by atoms with Crippen LogP contribution in [0, 0.1) is 0 Å². The number of benzene rings is 2. The maximum Gasteiger partial charge on any atom is 0.285 e. The van der Waals surface area contributed by atoms with E-state index in [0.29, 0.717) is 16.0 Å². The van der Waals surface area contributed by atoms with Crippen LogP contribution in [0.3, 0.4) is 0 Å². The van der Waals surface area contributed by atoms with E-state index in [1.165, 1.54) is 18.2 Å². The van der Waals surface area contributed by atoms with Gasteiger partial charge in [-0.15, -0.1) is 4.40 Å². The van der Waals surface area contributed by atoms with Gasteiger partial charge in [0.15, 0.2) is 10.2 Å². The number of hydrogen-bond acceptors (Lipinski definition) is 7. The summed E-state index contributed by atoms with van der Waals surface area (Å²) in [5, 5.41) is 10.9. The molecule has 2 N–H and O–H groups in total. The number of thioether (sulfide) groups is 1. The van der Waals surface area contributed by atoms with Gasteiger partial charge in [-0.3, -0.25) is 10.2 Å². The van der Waals surface area contributed by atoms with Crippen LogP contribution in [0.1, 0.15) is 11.1 Å². The predicted molar refractivity (Wildman–Crippen MR) is 106 cm³/mol. The fourth-order valence-corrected chi connectivity index (χ4v) is 4.95. The summed E-state index contributed by atoms with van der Waals surface area (Å²) >= 11 is 6.27. The first-order valence-corrected chi connectivity index (χ1v) is 10.3. The number of amidine groups is 1. The van der Waals surface area contributed by atoms with Gasteiger partial charge in [-0.05, 0) is 36.5 Å². The van der Waals surface area contributed by atoms with Crippen molar-refractivity contribution in [3.63, 3.8) is 0 Å². The van der Waals surface area contributed by atoms with E-state index in [-0.39, 0.29) is 20.8 Å². The van der Waals surface area contributed by atoms with Gasteiger partial charge in [0.2, 0.25) is 0 Å². The number of thiocarbonyl (C=S) groups is 1. The number of phenolic OH excluding ortho intramolecular Hbond substituents is 1. The van der Waals surface area contributed by atoms with Crippen molar-refractivity contribution in [2.45, 2.75) is 4.90 Å². The fourth-order valence-electron chi connectivity index (χ4n) is 2.61. The molecule has 2 heterocycles. The smallest absolute Gasteiger partial charge is 0.285 e. The highest BCUT2D eigenvalue weighted by Gasteiger charge is 2.36. The van der Waals surface area contributed by atoms with Gasteiger partial charge in [-0.2, -0.15) is 13.4 Å². The highest BCUT2D eigenvalue weighted by molar-refractivity contribution is 8.26. The molecule has 4 rings (SSSR count). The summed E-state index contributed by atoms with van der Waals surface area (Å²) in [7, 11) is -3.81. The van der Waals surface area contributed by atoms with Gasteiger partial charge in [0.05, 0.1) is 4.91 Å². The number of hydrogen-bond donors (Lipinski definition) is 2. The maximum atomic E-state index is 12.7. The number of carbonyl (C=O) groups is 1. The molecule has 1 fully saturated rings. The van der Waals surface area contributed by atoms with Crippen molar-refractivity contribution < 1.29 is 18.3 Å². The van der Waals surface area contributed by atoms with Crippen LogP contribution < -0.4 is 5.43 Å². The van der Waals surface area contributed by atoms with Gasteiger partial charge in [0.1, 0.15) is 10.6 Å². The van der Waals surface area contributed by atoms with Crippen LogP contribution in [0.25, 0.3) is 6.08 Å². The molecule has 136 valence electrons. The third kappa shape index (κ3) is 3.11.